The van der Waals surface area contributed by atoms with Gasteiger partial charge in [-0.25, -0.2) is 8.42 Å². The Bertz CT molecular complexity index is 1690. The van der Waals surface area contributed by atoms with Crippen molar-refractivity contribution < 1.29 is 22.7 Å². The van der Waals surface area contributed by atoms with Crippen molar-refractivity contribution in [1.29, 1.82) is 0 Å². The Morgan fingerprint density at radius 2 is 1.49 bits per heavy atom. The van der Waals surface area contributed by atoms with Gasteiger partial charge in [-0.2, -0.15) is 0 Å². The molecule has 4 aromatic rings. The number of benzene rings is 4. The second-order valence-electron chi connectivity index (χ2n) is 10.7. The number of anilines is 1. The second kappa shape index (κ2) is 15.4. The van der Waals surface area contributed by atoms with Gasteiger partial charge in [0.05, 0.1) is 17.7 Å². The van der Waals surface area contributed by atoms with Crippen molar-refractivity contribution >= 4 is 55.1 Å². The lowest BCUT2D eigenvalue weighted by Gasteiger charge is -2.34. The van der Waals surface area contributed by atoms with Crippen LogP contribution in [0.2, 0.25) is 5.02 Å². The van der Waals surface area contributed by atoms with E-state index >= 15 is 0 Å². The first-order valence-electron chi connectivity index (χ1n) is 14.3. The zero-order chi connectivity index (χ0) is 32.6. The molecule has 2 amide bonds. The largest absolute Gasteiger partial charge is 0.497 e. The molecule has 0 unspecified atom stereocenters. The number of methoxy groups -OCH3 is 1. The number of carbonyl (C=O) groups is 2. The molecule has 0 radical (unpaired) electrons. The number of halogens is 2. The predicted molar refractivity (Wildman–Crippen MR) is 181 cm³/mol. The minimum Gasteiger partial charge on any atom is -0.497 e. The van der Waals surface area contributed by atoms with Crippen LogP contribution in [0.4, 0.5) is 5.69 Å². The van der Waals surface area contributed by atoms with Crippen LogP contribution < -0.4 is 14.4 Å². The molecule has 45 heavy (non-hydrogen) atoms. The summed E-state index contributed by atoms with van der Waals surface area (Å²) in [5, 5.41) is 3.37. The maximum absolute atomic E-state index is 14.5. The average Bonchev–Trinajstić information content (AvgIpc) is 3.03. The Balaban J connectivity index is 1.79. The number of nitrogens with one attached hydrogen (secondary N) is 1. The molecule has 0 fully saturated rings. The minimum atomic E-state index is -4.24. The number of carbonyl (C=O) groups excluding carboxylic acids is 2. The summed E-state index contributed by atoms with van der Waals surface area (Å²) in [6.07, 6.45) is 0.230. The van der Waals surface area contributed by atoms with E-state index in [2.05, 4.69) is 21.2 Å². The smallest absolute Gasteiger partial charge is 0.264 e. The van der Waals surface area contributed by atoms with Crippen LogP contribution in [0, 0.1) is 0 Å². The first kappa shape index (κ1) is 34.0. The van der Waals surface area contributed by atoms with Crippen molar-refractivity contribution in [2.24, 2.45) is 0 Å². The number of amides is 2. The van der Waals surface area contributed by atoms with Crippen LogP contribution in [0.25, 0.3) is 0 Å². The monoisotopic (exact) mass is 711 g/mol. The normalized spacial score (nSPS) is 12.0. The minimum absolute atomic E-state index is 0.0242. The van der Waals surface area contributed by atoms with Crippen molar-refractivity contribution in [3.63, 3.8) is 0 Å². The molecule has 0 aliphatic heterocycles. The van der Waals surface area contributed by atoms with Crippen molar-refractivity contribution in [2.75, 3.05) is 18.0 Å². The molecule has 0 saturated heterocycles. The second-order valence-corrected chi connectivity index (χ2v) is 13.9. The van der Waals surface area contributed by atoms with Gasteiger partial charge in [-0.15, -0.1) is 0 Å². The first-order chi connectivity index (χ1) is 21.5. The van der Waals surface area contributed by atoms with E-state index in [1.54, 1.807) is 36.4 Å². The van der Waals surface area contributed by atoms with Gasteiger partial charge in [0.2, 0.25) is 11.8 Å². The van der Waals surface area contributed by atoms with E-state index in [0.29, 0.717) is 10.8 Å². The molecule has 11 heteroatoms. The van der Waals surface area contributed by atoms with Gasteiger partial charge >= 0.3 is 0 Å². The van der Waals surface area contributed by atoms with Gasteiger partial charge in [0.25, 0.3) is 10.0 Å². The summed E-state index contributed by atoms with van der Waals surface area (Å²) in [7, 11) is -2.75. The highest BCUT2D eigenvalue weighted by molar-refractivity contribution is 9.10. The van der Waals surface area contributed by atoms with Gasteiger partial charge in [0, 0.05) is 28.5 Å². The Morgan fingerprint density at radius 1 is 0.867 bits per heavy atom. The molecule has 4 rings (SSSR count). The molecule has 4 aromatic carbocycles. The van der Waals surface area contributed by atoms with Crippen LogP contribution in [0.5, 0.6) is 5.75 Å². The third-order valence-electron chi connectivity index (χ3n) is 7.01. The molecule has 0 aliphatic carbocycles. The highest BCUT2D eigenvalue weighted by Crippen LogP contribution is 2.27. The maximum atomic E-state index is 14.5. The van der Waals surface area contributed by atoms with Gasteiger partial charge in [0.15, 0.2) is 0 Å². The SMILES string of the molecule is COc1ccc(S(=O)(=O)N(CC(=O)N(Cc2ccc(Br)cc2)[C@H](Cc2ccccc2)C(=O)NC(C)C)c2ccc(Cl)cc2)cc1. The van der Waals surface area contributed by atoms with E-state index < -0.39 is 28.5 Å². The van der Waals surface area contributed by atoms with Crippen LogP contribution in [-0.4, -0.2) is 50.9 Å². The van der Waals surface area contributed by atoms with Crippen LogP contribution in [0.3, 0.4) is 0 Å². The van der Waals surface area contributed by atoms with E-state index in [4.69, 9.17) is 16.3 Å². The summed E-state index contributed by atoms with van der Waals surface area (Å²) >= 11 is 9.57. The summed E-state index contributed by atoms with van der Waals surface area (Å²) in [6.45, 7) is 3.21. The standard InChI is InChI=1S/C34H35BrClN3O5S/c1-24(2)37-34(41)32(21-25-7-5-4-6-8-25)38(22-26-9-11-27(35)12-10-26)33(40)23-39(29-15-13-28(36)14-16-29)45(42,43)31-19-17-30(44-3)18-20-31/h4-20,24,32H,21-23H2,1-3H3,(H,37,41)/t32-/m1/s1. The highest BCUT2D eigenvalue weighted by atomic mass is 79.9. The van der Waals surface area contributed by atoms with E-state index in [9.17, 15) is 18.0 Å². The van der Waals surface area contributed by atoms with Crippen molar-refractivity contribution in [2.45, 2.75) is 43.8 Å². The van der Waals surface area contributed by atoms with Gasteiger partial charge in [-0.05, 0) is 85.6 Å². The molecule has 0 saturated carbocycles. The summed E-state index contributed by atoms with van der Waals surface area (Å²) in [5.41, 5.74) is 1.88. The van der Waals surface area contributed by atoms with Gasteiger partial charge in [0.1, 0.15) is 18.3 Å². The molecule has 0 aliphatic rings. The number of sulfonamides is 1. The van der Waals surface area contributed by atoms with Crippen LogP contribution in [0.1, 0.15) is 25.0 Å². The third-order valence-corrected chi connectivity index (χ3v) is 9.58. The number of hydrogen-bond donors (Lipinski definition) is 1. The summed E-state index contributed by atoms with van der Waals surface area (Å²) < 4.78 is 35.3. The van der Waals surface area contributed by atoms with Gasteiger partial charge in [-0.1, -0.05) is 70.0 Å². The van der Waals surface area contributed by atoms with E-state index in [-0.39, 0.29) is 35.5 Å². The highest BCUT2D eigenvalue weighted by Gasteiger charge is 2.35. The topological polar surface area (TPSA) is 96.0 Å². The number of nitrogens with zero attached hydrogens (tertiary/aromatic N) is 2. The Hall–Kier alpha value is -3.86. The number of hydrogen-bond acceptors (Lipinski definition) is 5. The zero-order valence-electron chi connectivity index (χ0n) is 25.2. The molecule has 8 nitrogen and oxygen atoms in total. The number of ether oxygens (including phenoxy) is 1. The molecular formula is C34H35BrClN3O5S. The fourth-order valence-electron chi connectivity index (χ4n) is 4.73. The zero-order valence-corrected chi connectivity index (χ0v) is 28.3. The van der Waals surface area contributed by atoms with Crippen LogP contribution in [0.15, 0.2) is 112 Å². The molecule has 1 atom stereocenters. The predicted octanol–water partition coefficient (Wildman–Crippen LogP) is 6.47. The van der Waals surface area contributed by atoms with Gasteiger partial charge < -0.3 is 15.0 Å². The van der Waals surface area contributed by atoms with Crippen molar-refractivity contribution in [3.05, 3.63) is 124 Å². The summed E-state index contributed by atoms with van der Waals surface area (Å²) in [4.78, 5) is 29.6. The van der Waals surface area contributed by atoms with E-state index in [0.717, 1.165) is 19.9 Å². The molecule has 0 aromatic heterocycles. The van der Waals surface area contributed by atoms with Crippen molar-refractivity contribution in [1.82, 2.24) is 10.2 Å². The molecule has 0 heterocycles. The third kappa shape index (κ3) is 9.09. The molecule has 0 spiro atoms. The Morgan fingerprint density at radius 3 is 2.07 bits per heavy atom. The lowest BCUT2D eigenvalue weighted by molar-refractivity contribution is -0.140. The Labute approximate surface area is 278 Å². The fourth-order valence-corrected chi connectivity index (χ4v) is 6.54. The Kier molecular flexibility index (Phi) is 11.7. The molecular weight excluding hydrogens is 678 g/mol. The summed E-state index contributed by atoms with van der Waals surface area (Å²) in [6, 6.07) is 27.9. The molecule has 0 bridgehead atoms. The van der Waals surface area contributed by atoms with E-state index in [1.165, 1.54) is 24.1 Å². The van der Waals surface area contributed by atoms with Crippen LogP contribution in [-0.2, 0) is 32.6 Å². The van der Waals surface area contributed by atoms with Gasteiger partial charge in [-0.3, -0.25) is 13.9 Å². The van der Waals surface area contributed by atoms with Crippen LogP contribution >= 0.6 is 27.5 Å². The summed E-state index contributed by atoms with van der Waals surface area (Å²) in [5.74, 6) is -0.399. The molecule has 1 N–H and O–H groups in total. The maximum Gasteiger partial charge on any atom is 0.264 e. The van der Waals surface area contributed by atoms with Crippen molar-refractivity contribution in [3.8, 4) is 5.75 Å². The lowest BCUT2D eigenvalue weighted by Crippen LogP contribution is -2.54. The fraction of sp³-hybridized carbons (Fsp3) is 0.235. The lowest BCUT2D eigenvalue weighted by atomic mass is 10.0. The first-order valence-corrected chi connectivity index (χ1v) is 16.9. The molecule has 236 valence electrons. The van der Waals surface area contributed by atoms with E-state index in [1.807, 2.05) is 68.4 Å². The average molecular weight is 713 g/mol. The quantitative estimate of drug-likeness (QED) is 0.172. The number of rotatable bonds is 13.